The first-order chi connectivity index (χ1) is 20.4. The Hall–Kier alpha value is -5.06. The zero-order chi connectivity index (χ0) is 31.5. The first-order valence-corrected chi connectivity index (χ1v) is 13.6. The van der Waals surface area contributed by atoms with Crippen LogP contribution < -0.4 is 27.0 Å². The fourth-order valence-electron chi connectivity index (χ4n) is 4.10. The van der Waals surface area contributed by atoms with Crippen molar-refractivity contribution in [3.63, 3.8) is 0 Å². The fraction of sp³-hybridized carbons (Fsp3) is 0.462. The summed E-state index contributed by atoms with van der Waals surface area (Å²) in [6, 6.07) is -5.58. The molecular formula is C26H37N11O6. The van der Waals surface area contributed by atoms with E-state index in [1.54, 1.807) is 20.0 Å². The molecule has 17 heteroatoms. The average molecular weight is 600 g/mol. The monoisotopic (exact) mass is 599 g/mol. The van der Waals surface area contributed by atoms with Gasteiger partial charge in [-0.25, -0.2) is 19.7 Å². The second-order valence-electron chi connectivity index (χ2n) is 10.4. The number of aliphatic carboxylic acids is 1. The number of carbonyl (C=O) groups excluding carboxylic acids is 4. The number of nitrogens with two attached hydrogens (primary N) is 1. The molecule has 5 unspecified atom stereocenters. The molecule has 0 bridgehead atoms. The van der Waals surface area contributed by atoms with Crippen molar-refractivity contribution < 1.29 is 29.1 Å². The zero-order valence-electron chi connectivity index (χ0n) is 24.0. The SMILES string of the molecule is CC(NC(=O)C(NC(=O)C(N)Cc1cnc[nH]1)C(C)C)C(=O)NC(Cc1cnc[nH]1)C(=O)NC(Cc1cnc[nH]1)C(=O)O. The minimum atomic E-state index is -1.30. The summed E-state index contributed by atoms with van der Waals surface area (Å²) < 4.78 is 0. The lowest BCUT2D eigenvalue weighted by Crippen LogP contribution is -2.59. The van der Waals surface area contributed by atoms with Crippen molar-refractivity contribution >= 4 is 29.6 Å². The highest BCUT2D eigenvalue weighted by Crippen LogP contribution is 2.06. The molecule has 10 N–H and O–H groups in total. The van der Waals surface area contributed by atoms with Crippen molar-refractivity contribution in [2.45, 2.75) is 70.2 Å². The molecule has 0 aliphatic carbocycles. The first kappa shape index (κ1) is 32.5. The van der Waals surface area contributed by atoms with Gasteiger partial charge in [0.25, 0.3) is 0 Å². The number of carbonyl (C=O) groups is 5. The van der Waals surface area contributed by atoms with Crippen LogP contribution >= 0.6 is 0 Å². The number of carboxylic acid groups (broad SMARTS) is 1. The second kappa shape index (κ2) is 15.2. The van der Waals surface area contributed by atoms with E-state index in [-0.39, 0.29) is 25.2 Å². The van der Waals surface area contributed by atoms with E-state index in [1.807, 2.05) is 0 Å². The quantitative estimate of drug-likeness (QED) is 0.0866. The number of aromatic amines is 3. The Morgan fingerprint density at radius 2 is 1.19 bits per heavy atom. The van der Waals surface area contributed by atoms with Crippen molar-refractivity contribution in [2.24, 2.45) is 11.7 Å². The highest BCUT2D eigenvalue weighted by Gasteiger charge is 2.32. The van der Waals surface area contributed by atoms with Gasteiger partial charge in [0, 0.05) is 54.9 Å². The number of aromatic nitrogens is 6. The molecular weight excluding hydrogens is 562 g/mol. The van der Waals surface area contributed by atoms with Crippen LogP contribution in [0.3, 0.4) is 0 Å². The minimum Gasteiger partial charge on any atom is -0.480 e. The molecule has 5 atom stereocenters. The topological polar surface area (TPSA) is 266 Å². The second-order valence-corrected chi connectivity index (χ2v) is 10.4. The van der Waals surface area contributed by atoms with Crippen LogP contribution in [0.1, 0.15) is 37.9 Å². The maximum Gasteiger partial charge on any atom is 0.326 e. The first-order valence-electron chi connectivity index (χ1n) is 13.6. The molecule has 0 fully saturated rings. The molecule has 3 heterocycles. The number of hydrogen-bond acceptors (Lipinski definition) is 9. The summed E-state index contributed by atoms with van der Waals surface area (Å²) in [4.78, 5) is 84.0. The van der Waals surface area contributed by atoms with E-state index in [2.05, 4.69) is 51.2 Å². The Kier molecular flexibility index (Phi) is 11.5. The molecule has 3 rings (SSSR count). The third kappa shape index (κ3) is 9.77. The lowest BCUT2D eigenvalue weighted by Gasteiger charge is -2.26. The number of hydrogen-bond donors (Lipinski definition) is 9. The van der Waals surface area contributed by atoms with Gasteiger partial charge < -0.3 is 47.1 Å². The number of nitrogens with one attached hydrogen (secondary N) is 7. The summed E-state index contributed by atoms with van der Waals surface area (Å²) >= 11 is 0. The molecule has 0 spiro atoms. The van der Waals surface area contributed by atoms with Crippen molar-refractivity contribution in [1.82, 2.24) is 51.2 Å². The molecule has 232 valence electrons. The smallest absolute Gasteiger partial charge is 0.326 e. The molecule has 4 amide bonds. The van der Waals surface area contributed by atoms with E-state index in [1.165, 1.54) is 38.3 Å². The van der Waals surface area contributed by atoms with Gasteiger partial charge >= 0.3 is 5.97 Å². The highest BCUT2D eigenvalue weighted by atomic mass is 16.4. The molecule has 3 aromatic heterocycles. The standard InChI is InChI=1S/C26H37N11O6/c1-13(2)21(37-23(39)18(27)4-15-7-28-10-31-15)25(41)34-14(3)22(38)35-19(5-16-8-29-11-32-16)24(40)36-20(26(42)43)6-17-9-30-12-33-17/h7-14,18-21H,4-6,27H2,1-3H3,(H,28,31)(H,29,32)(H,30,33)(H,34,41)(H,35,38)(H,36,40)(H,37,39)(H,42,43). The van der Waals surface area contributed by atoms with Crippen LogP contribution in [0.25, 0.3) is 0 Å². The van der Waals surface area contributed by atoms with Crippen LogP contribution in [-0.4, -0.2) is 94.8 Å². The maximum absolute atomic E-state index is 13.2. The van der Waals surface area contributed by atoms with Crippen LogP contribution in [-0.2, 0) is 43.2 Å². The third-order valence-corrected chi connectivity index (χ3v) is 6.54. The van der Waals surface area contributed by atoms with E-state index in [0.29, 0.717) is 17.1 Å². The summed E-state index contributed by atoms with van der Waals surface area (Å²) in [5.41, 5.74) is 7.65. The van der Waals surface area contributed by atoms with E-state index in [9.17, 15) is 29.1 Å². The lowest BCUT2D eigenvalue weighted by molar-refractivity contribution is -0.142. The molecule has 43 heavy (non-hydrogen) atoms. The Balaban J connectivity index is 1.64. The van der Waals surface area contributed by atoms with Gasteiger partial charge in [-0.3, -0.25) is 19.2 Å². The van der Waals surface area contributed by atoms with E-state index < -0.39 is 59.8 Å². The molecule has 0 radical (unpaired) electrons. The molecule has 0 aliphatic heterocycles. The summed E-state index contributed by atoms with van der Waals surface area (Å²) in [5.74, 6) is -4.27. The number of amides is 4. The van der Waals surface area contributed by atoms with Crippen molar-refractivity contribution in [1.29, 1.82) is 0 Å². The van der Waals surface area contributed by atoms with Gasteiger partial charge in [-0.15, -0.1) is 0 Å². The fourth-order valence-corrected chi connectivity index (χ4v) is 4.10. The van der Waals surface area contributed by atoms with E-state index >= 15 is 0 Å². The van der Waals surface area contributed by atoms with E-state index in [4.69, 9.17) is 5.73 Å². The number of H-pyrrole nitrogens is 3. The molecule has 0 saturated carbocycles. The highest BCUT2D eigenvalue weighted by molar-refractivity contribution is 5.95. The minimum absolute atomic E-state index is 0.0342. The van der Waals surface area contributed by atoms with Gasteiger partial charge in [-0.05, 0) is 12.8 Å². The van der Waals surface area contributed by atoms with Crippen LogP contribution in [0.4, 0.5) is 0 Å². The van der Waals surface area contributed by atoms with Crippen molar-refractivity contribution in [3.05, 3.63) is 54.7 Å². The van der Waals surface area contributed by atoms with Crippen LogP contribution in [0, 0.1) is 5.92 Å². The molecule has 0 aromatic carbocycles. The lowest BCUT2D eigenvalue weighted by atomic mass is 10.0. The predicted molar refractivity (Wildman–Crippen MR) is 151 cm³/mol. The van der Waals surface area contributed by atoms with Gasteiger partial charge in [0.15, 0.2) is 0 Å². The Labute approximate surface area is 246 Å². The van der Waals surface area contributed by atoms with Gasteiger partial charge in [-0.2, -0.15) is 0 Å². The number of imidazole rings is 3. The van der Waals surface area contributed by atoms with Crippen molar-refractivity contribution in [2.75, 3.05) is 0 Å². The zero-order valence-corrected chi connectivity index (χ0v) is 24.0. The largest absolute Gasteiger partial charge is 0.480 e. The van der Waals surface area contributed by atoms with Gasteiger partial charge in [0.2, 0.25) is 23.6 Å². The maximum atomic E-state index is 13.2. The Morgan fingerprint density at radius 3 is 1.65 bits per heavy atom. The number of nitrogens with zero attached hydrogens (tertiary/aromatic N) is 3. The van der Waals surface area contributed by atoms with Crippen LogP contribution in [0.5, 0.6) is 0 Å². The summed E-state index contributed by atoms with van der Waals surface area (Å²) in [7, 11) is 0. The molecule has 0 saturated heterocycles. The molecule has 17 nitrogen and oxygen atoms in total. The Morgan fingerprint density at radius 1 is 0.698 bits per heavy atom. The van der Waals surface area contributed by atoms with Gasteiger partial charge in [0.05, 0.1) is 25.0 Å². The van der Waals surface area contributed by atoms with Crippen molar-refractivity contribution in [3.8, 4) is 0 Å². The van der Waals surface area contributed by atoms with Gasteiger partial charge in [0.1, 0.15) is 24.2 Å². The molecule has 0 aliphatic rings. The summed E-state index contributed by atoms with van der Waals surface area (Å²) in [6.07, 6.45) is 8.78. The molecule has 3 aromatic rings. The van der Waals surface area contributed by atoms with Crippen LogP contribution in [0.2, 0.25) is 0 Å². The Bertz CT molecular complexity index is 1340. The third-order valence-electron chi connectivity index (χ3n) is 6.54. The van der Waals surface area contributed by atoms with E-state index in [0.717, 1.165) is 0 Å². The average Bonchev–Trinajstić information content (AvgIpc) is 3.75. The number of carboxylic acids is 1. The normalized spacial score (nSPS) is 14.6. The van der Waals surface area contributed by atoms with Crippen LogP contribution in [0.15, 0.2) is 37.6 Å². The van der Waals surface area contributed by atoms with Gasteiger partial charge in [-0.1, -0.05) is 13.8 Å². The summed E-state index contributed by atoms with van der Waals surface area (Å²) in [5, 5.41) is 19.9. The predicted octanol–water partition coefficient (Wildman–Crippen LogP) is -2.09. The number of rotatable bonds is 16. The summed E-state index contributed by atoms with van der Waals surface area (Å²) in [6.45, 7) is 4.87.